The Morgan fingerprint density at radius 2 is 1.84 bits per heavy atom. The van der Waals surface area contributed by atoms with E-state index in [-0.39, 0.29) is 5.16 Å². The van der Waals surface area contributed by atoms with Gasteiger partial charge in [0.15, 0.2) is 5.16 Å². The molecule has 0 spiro atoms. The van der Waals surface area contributed by atoms with E-state index in [0.717, 1.165) is 16.3 Å². The van der Waals surface area contributed by atoms with Gasteiger partial charge < -0.3 is 15.6 Å². The number of hydrogen-bond donors (Lipinski definition) is 2. The van der Waals surface area contributed by atoms with Gasteiger partial charge in [-0.2, -0.15) is 13.2 Å². The Hall–Kier alpha value is -2.56. The molecule has 0 saturated carbocycles. The van der Waals surface area contributed by atoms with Crippen LogP contribution < -0.4 is 11.1 Å². The second-order valence-corrected chi connectivity index (χ2v) is 6.36. The Morgan fingerprint density at radius 3 is 2.32 bits per heavy atom. The van der Waals surface area contributed by atoms with Crippen molar-refractivity contribution in [1.82, 2.24) is 14.8 Å². The third-order valence-corrected chi connectivity index (χ3v) is 4.31. The molecule has 1 aromatic heterocycles. The molecule has 1 unspecified atom stereocenters. The molecule has 0 aliphatic carbocycles. The van der Waals surface area contributed by atoms with Gasteiger partial charge in [-0.25, -0.2) is 0 Å². The van der Waals surface area contributed by atoms with Crippen LogP contribution in [-0.2, 0) is 18.0 Å². The first-order valence-corrected chi connectivity index (χ1v) is 7.81. The second kappa shape index (κ2) is 7.13. The van der Waals surface area contributed by atoms with Crippen LogP contribution in [0.5, 0.6) is 0 Å². The van der Waals surface area contributed by atoms with Gasteiger partial charge in [0.1, 0.15) is 0 Å². The van der Waals surface area contributed by atoms with E-state index >= 15 is 0 Å². The first-order valence-electron chi connectivity index (χ1n) is 6.93. The van der Waals surface area contributed by atoms with Gasteiger partial charge in [-0.05, 0) is 31.2 Å². The van der Waals surface area contributed by atoms with E-state index in [9.17, 15) is 22.8 Å². The van der Waals surface area contributed by atoms with Crippen LogP contribution in [0.4, 0.5) is 18.9 Å². The lowest BCUT2D eigenvalue weighted by molar-refractivity contribution is -0.147. The molecule has 0 saturated heterocycles. The number of nitrogens with two attached hydrogens (primary N) is 1. The van der Waals surface area contributed by atoms with Crippen molar-refractivity contribution in [3.8, 4) is 0 Å². The molecular formula is C14H14F3N5O2S. The zero-order valence-electron chi connectivity index (χ0n) is 13.2. The van der Waals surface area contributed by atoms with Crippen LogP contribution in [0.15, 0.2) is 29.4 Å². The van der Waals surface area contributed by atoms with Crippen molar-refractivity contribution in [2.45, 2.75) is 23.5 Å². The lowest BCUT2D eigenvalue weighted by Gasteiger charge is -2.12. The fraction of sp³-hybridized carbons (Fsp3) is 0.286. The molecule has 1 heterocycles. The molecule has 11 heteroatoms. The van der Waals surface area contributed by atoms with Crippen LogP contribution >= 0.6 is 11.8 Å². The molecule has 2 amide bonds. The molecule has 7 nitrogen and oxygen atoms in total. The maximum absolute atomic E-state index is 12.7. The standard InChI is InChI=1S/C14H14F3N5O2S/c1-7(25-13-21-20-12(22(13)2)14(15,16)17)11(24)19-9-5-3-8(4-6-9)10(18)23/h3-7H,1-2H3,(H2,18,23)(H,19,24). The van der Waals surface area contributed by atoms with Crippen LogP contribution in [0, 0.1) is 0 Å². The maximum Gasteiger partial charge on any atom is 0.451 e. The molecule has 0 radical (unpaired) electrons. The molecule has 0 fully saturated rings. The SMILES string of the molecule is CC(Sc1nnc(C(F)(F)F)n1C)C(=O)Nc1ccc(C(N)=O)cc1. The number of aromatic nitrogens is 3. The minimum Gasteiger partial charge on any atom is -0.366 e. The number of alkyl halides is 3. The number of halogens is 3. The number of carbonyl (C=O) groups excluding carboxylic acids is 2. The summed E-state index contributed by atoms with van der Waals surface area (Å²) in [4.78, 5) is 23.1. The summed E-state index contributed by atoms with van der Waals surface area (Å²) in [6.07, 6.45) is -4.62. The first-order chi connectivity index (χ1) is 11.6. The Labute approximate surface area is 144 Å². The molecule has 1 aromatic carbocycles. The highest BCUT2D eigenvalue weighted by Gasteiger charge is 2.37. The van der Waals surface area contributed by atoms with Crippen molar-refractivity contribution in [3.05, 3.63) is 35.7 Å². The Balaban J connectivity index is 2.03. The average Bonchev–Trinajstić information content (AvgIpc) is 2.88. The van der Waals surface area contributed by atoms with Gasteiger partial charge in [-0.15, -0.1) is 10.2 Å². The summed E-state index contributed by atoms with van der Waals surface area (Å²) >= 11 is 0.846. The molecule has 3 N–H and O–H groups in total. The van der Waals surface area contributed by atoms with Gasteiger partial charge in [-0.1, -0.05) is 11.8 Å². The normalized spacial score (nSPS) is 12.7. The predicted octanol–water partition coefficient (Wildman–Crippen LogP) is 2.05. The third-order valence-electron chi connectivity index (χ3n) is 3.18. The van der Waals surface area contributed by atoms with E-state index in [1.54, 1.807) is 0 Å². The largest absolute Gasteiger partial charge is 0.451 e. The van der Waals surface area contributed by atoms with Crippen molar-refractivity contribution < 1.29 is 22.8 Å². The number of nitrogens with zero attached hydrogens (tertiary/aromatic N) is 3. The molecular weight excluding hydrogens is 359 g/mol. The van der Waals surface area contributed by atoms with Crippen LogP contribution in [0.2, 0.25) is 0 Å². The fourth-order valence-electron chi connectivity index (χ4n) is 1.84. The van der Waals surface area contributed by atoms with Crippen molar-refractivity contribution in [3.63, 3.8) is 0 Å². The summed E-state index contributed by atoms with van der Waals surface area (Å²) in [6.45, 7) is 1.53. The lowest BCUT2D eigenvalue weighted by Crippen LogP contribution is -2.23. The monoisotopic (exact) mass is 373 g/mol. The van der Waals surface area contributed by atoms with E-state index in [0.29, 0.717) is 11.3 Å². The Morgan fingerprint density at radius 1 is 1.24 bits per heavy atom. The van der Waals surface area contributed by atoms with Crippen molar-refractivity contribution in [1.29, 1.82) is 0 Å². The van der Waals surface area contributed by atoms with Gasteiger partial charge in [0.25, 0.3) is 0 Å². The minimum absolute atomic E-state index is 0.0287. The highest BCUT2D eigenvalue weighted by molar-refractivity contribution is 8.00. The number of nitrogens with one attached hydrogen (secondary N) is 1. The molecule has 0 aliphatic rings. The smallest absolute Gasteiger partial charge is 0.366 e. The lowest BCUT2D eigenvalue weighted by atomic mass is 10.2. The van der Waals surface area contributed by atoms with Crippen LogP contribution in [0.1, 0.15) is 23.1 Å². The number of rotatable bonds is 5. The van der Waals surface area contributed by atoms with Gasteiger partial charge in [0.05, 0.1) is 5.25 Å². The highest BCUT2D eigenvalue weighted by atomic mass is 32.2. The molecule has 0 bridgehead atoms. The second-order valence-electron chi connectivity index (χ2n) is 5.05. The van der Waals surface area contributed by atoms with Crippen LogP contribution in [0.3, 0.4) is 0 Å². The number of carbonyl (C=O) groups is 2. The maximum atomic E-state index is 12.7. The average molecular weight is 373 g/mol. The Kier molecular flexibility index (Phi) is 5.36. The molecule has 2 aromatic rings. The predicted molar refractivity (Wildman–Crippen MR) is 84.9 cm³/mol. The zero-order valence-corrected chi connectivity index (χ0v) is 14.0. The topological polar surface area (TPSA) is 103 Å². The number of hydrogen-bond acceptors (Lipinski definition) is 5. The van der Waals surface area contributed by atoms with Gasteiger partial charge in [0, 0.05) is 18.3 Å². The summed E-state index contributed by atoms with van der Waals surface area (Å²) in [7, 11) is 1.18. The van der Waals surface area contributed by atoms with Crippen LogP contribution in [-0.4, -0.2) is 31.8 Å². The van der Waals surface area contributed by atoms with E-state index in [4.69, 9.17) is 5.73 Å². The highest BCUT2D eigenvalue weighted by Crippen LogP contribution is 2.31. The number of amides is 2. The van der Waals surface area contributed by atoms with Crippen molar-refractivity contribution >= 4 is 29.3 Å². The number of primary amides is 1. The van der Waals surface area contributed by atoms with Gasteiger partial charge >= 0.3 is 6.18 Å². The molecule has 0 aliphatic heterocycles. The summed E-state index contributed by atoms with van der Waals surface area (Å²) in [5.74, 6) is -2.16. The van der Waals surface area contributed by atoms with Crippen LogP contribution in [0.25, 0.3) is 0 Å². The molecule has 25 heavy (non-hydrogen) atoms. The van der Waals surface area contributed by atoms with Crippen molar-refractivity contribution in [2.75, 3.05) is 5.32 Å². The van der Waals surface area contributed by atoms with Gasteiger partial charge in [-0.3, -0.25) is 9.59 Å². The minimum atomic E-state index is -4.62. The van der Waals surface area contributed by atoms with E-state index in [2.05, 4.69) is 15.5 Å². The van der Waals surface area contributed by atoms with E-state index in [1.807, 2.05) is 0 Å². The summed E-state index contributed by atoms with van der Waals surface area (Å²) in [5.41, 5.74) is 5.84. The fourth-order valence-corrected chi connectivity index (χ4v) is 2.65. The number of thioether (sulfide) groups is 1. The number of anilines is 1. The van der Waals surface area contributed by atoms with E-state index < -0.39 is 29.1 Å². The summed E-state index contributed by atoms with van der Waals surface area (Å²) < 4.78 is 38.9. The Bertz CT molecular complexity index is 789. The summed E-state index contributed by atoms with van der Waals surface area (Å²) in [6, 6.07) is 5.90. The number of benzene rings is 1. The molecule has 1 atom stereocenters. The molecule has 2 rings (SSSR count). The quantitative estimate of drug-likeness (QED) is 0.781. The third kappa shape index (κ3) is 4.50. The molecule has 134 valence electrons. The van der Waals surface area contributed by atoms with Crippen molar-refractivity contribution in [2.24, 2.45) is 12.8 Å². The zero-order chi connectivity index (χ0) is 18.8. The van der Waals surface area contributed by atoms with Gasteiger partial charge in [0.2, 0.25) is 17.6 Å². The first kappa shape index (κ1) is 18.8. The van der Waals surface area contributed by atoms with E-state index in [1.165, 1.54) is 38.2 Å². The summed E-state index contributed by atoms with van der Waals surface area (Å²) in [5, 5.41) is 8.41.